The molecule has 1 aromatic rings. The van der Waals surface area contributed by atoms with Gasteiger partial charge in [-0.2, -0.15) is 0 Å². The van der Waals surface area contributed by atoms with Crippen molar-refractivity contribution in [1.29, 1.82) is 0 Å². The van der Waals surface area contributed by atoms with Gasteiger partial charge in [0.1, 0.15) is 5.75 Å². The van der Waals surface area contributed by atoms with Crippen molar-refractivity contribution in [2.24, 2.45) is 5.92 Å². The Morgan fingerprint density at radius 2 is 1.68 bits per heavy atom. The Kier molecular flexibility index (Phi) is 5.52. The van der Waals surface area contributed by atoms with Crippen molar-refractivity contribution in [3.8, 4) is 5.75 Å². The Balaban J connectivity index is 3.05. The minimum Gasteiger partial charge on any atom is -0.491 e. The summed E-state index contributed by atoms with van der Waals surface area (Å²) < 4.78 is 5.76. The molecular formula is C16H28N2O. The highest BCUT2D eigenvalue weighted by Crippen LogP contribution is 2.28. The lowest BCUT2D eigenvalue weighted by Crippen LogP contribution is -2.34. The molecule has 0 radical (unpaired) electrons. The molecule has 0 aliphatic rings. The zero-order valence-electron chi connectivity index (χ0n) is 13.1. The van der Waals surface area contributed by atoms with Crippen LogP contribution in [-0.4, -0.2) is 18.7 Å². The van der Waals surface area contributed by atoms with Crippen LogP contribution in [0.2, 0.25) is 0 Å². The quantitative estimate of drug-likeness (QED) is 0.791. The average molecular weight is 264 g/mol. The fraction of sp³-hybridized carbons (Fsp3) is 0.625. The van der Waals surface area contributed by atoms with Gasteiger partial charge in [-0.3, -0.25) is 0 Å². The summed E-state index contributed by atoms with van der Waals surface area (Å²) in [5, 5.41) is 0. The Labute approximate surface area is 117 Å². The van der Waals surface area contributed by atoms with E-state index in [1.807, 2.05) is 26.0 Å². The summed E-state index contributed by atoms with van der Waals surface area (Å²) in [6.45, 7) is 13.9. The smallest absolute Gasteiger partial charge is 0.123 e. The van der Waals surface area contributed by atoms with Gasteiger partial charge in [-0.1, -0.05) is 13.8 Å². The van der Waals surface area contributed by atoms with E-state index in [2.05, 4.69) is 38.7 Å². The topological polar surface area (TPSA) is 38.5 Å². The highest BCUT2D eigenvalue weighted by atomic mass is 16.5. The van der Waals surface area contributed by atoms with Gasteiger partial charge in [0.05, 0.1) is 6.10 Å². The molecule has 0 fully saturated rings. The van der Waals surface area contributed by atoms with Crippen LogP contribution < -0.4 is 15.4 Å². The molecule has 108 valence electrons. The lowest BCUT2D eigenvalue weighted by atomic mass is 10.1. The SMILES string of the molecule is CC(C)CN(c1cc(N)cc(OC(C)C)c1)C(C)C. The van der Waals surface area contributed by atoms with E-state index in [0.717, 1.165) is 23.7 Å². The standard InChI is InChI=1S/C16H28N2O/c1-11(2)10-18(12(3)4)15-7-14(17)8-16(9-15)19-13(5)6/h7-9,11-13H,10,17H2,1-6H3. The van der Waals surface area contributed by atoms with E-state index in [1.165, 1.54) is 0 Å². The van der Waals surface area contributed by atoms with Crippen LogP contribution in [0.3, 0.4) is 0 Å². The highest BCUT2D eigenvalue weighted by molar-refractivity contribution is 5.61. The summed E-state index contributed by atoms with van der Waals surface area (Å²) >= 11 is 0. The van der Waals surface area contributed by atoms with E-state index in [9.17, 15) is 0 Å². The van der Waals surface area contributed by atoms with Crippen molar-refractivity contribution in [1.82, 2.24) is 0 Å². The maximum atomic E-state index is 6.00. The average Bonchev–Trinajstić information content (AvgIpc) is 2.23. The summed E-state index contributed by atoms with van der Waals surface area (Å²) in [4.78, 5) is 2.37. The molecule has 0 aromatic heterocycles. The first-order chi connectivity index (χ1) is 8.79. The predicted octanol–water partition coefficient (Wildman–Crippen LogP) is 3.93. The molecular weight excluding hydrogens is 236 g/mol. The zero-order valence-corrected chi connectivity index (χ0v) is 13.1. The zero-order chi connectivity index (χ0) is 14.6. The molecule has 0 saturated carbocycles. The fourth-order valence-electron chi connectivity index (χ4n) is 2.12. The van der Waals surface area contributed by atoms with Crippen LogP contribution in [0, 0.1) is 5.92 Å². The largest absolute Gasteiger partial charge is 0.491 e. The Hall–Kier alpha value is -1.38. The third-order valence-electron chi connectivity index (χ3n) is 2.80. The molecule has 1 aromatic carbocycles. The number of rotatable bonds is 6. The van der Waals surface area contributed by atoms with E-state index in [0.29, 0.717) is 12.0 Å². The Morgan fingerprint density at radius 1 is 1.05 bits per heavy atom. The van der Waals surface area contributed by atoms with Crippen LogP contribution >= 0.6 is 0 Å². The Bertz CT molecular complexity index is 400. The maximum Gasteiger partial charge on any atom is 0.123 e. The maximum absolute atomic E-state index is 6.00. The van der Waals surface area contributed by atoms with Crippen LogP contribution in [0.15, 0.2) is 18.2 Å². The minimum absolute atomic E-state index is 0.159. The molecule has 0 atom stereocenters. The summed E-state index contributed by atoms with van der Waals surface area (Å²) in [5.41, 5.74) is 7.89. The second kappa shape index (κ2) is 6.69. The van der Waals surface area contributed by atoms with Gasteiger partial charge in [-0.25, -0.2) is 0 Å². The fourth-order valence-corrected chi connectivity index (χ4v) is 2.12. The van der Waals surface area contributed by atoms with Gasteiger partial charge >= 0.3 is 0 Å². The van der Waals surface area contributed by atoms with Gasteiger partial charge in [0.2, 0.25) is 0 Å². The van der Waals surface area contributed by atoms with Crippen LogP contribution in [0.4, 0.5) is 11.4 Å². The number of benzene rings is 1. The number of hydrogen-bond acceptors (Lipinski definition) is 3. The summed E-state index contributed by atoms with van der Waals surface area (Å²) in [6.07, 6.45) is 0.159. The molecule has 0 saturated heterocycles. The predicted molar refractivity (Wildman–Crippen MR) is 83.9 cm³/mol. The first kappa shape index (κ1) is 15.7. The number of nitrogens with two attached hydrogens (primary N) is 1. The number of nitrogens with zero attached hydrogens (tertiary/aromatic N) is 1. The molecule has 0 unspecified atom stereocenters. The molecule has 0 heterocycles. The number of anilines is 2. The second-order valence-corrected chi connectivity index (χ2v) is 6.07. The molecule has 3 nitrogen and oxygen atoms in total. The van der Waals surface area contributed by atoms with E-state index in [4.69, 9.17) is 10.5 Å². The first-order valence-electron chi connectivity index (χ1n) is 7.13. The molecule has 0 amide bonds. The molecule has 0 bridgehead atoms. The minimum atomic E-state index is 0.159. The lowest BCUT2D eigenvalue weighted by Gasteiger charge is -2.31. The second-order valence-electron chi connectivity index (χ2n) is 6.07. The van der Waals surface area contributed by atoms with Gasteiger partial charge < -0.3 is 15.4 Å². The van der Waals surface area contributed by atoms with Crippen molar-refractivity contribution in [3.05, 3.63) is 18.2 Å². The lowest BCUT2D eigenvalue weighted by molar-refractivity contribution is 0.242. The third kappa shape index (κ3) is 5.01. The van der Waals surface area contributed by atoms with Crippen LogP contribution in [0.25, 0.3) is 0 Å². The molecule has 2 N–H and O–H groups in total. The molecule has 0 aliphatic carbocycles. The van der Waals surface area contributed by atoms with Crippen LogP contribution in [0.1, 0.15) is 41.5 Å². The van der Waals surface area contributed by atoms with E-state index in [-0.39, 0.29) is 6.10 Å². The van der Waals surface area contributed by atoms with Crippen molar-refractivity contribution in [2.45, 2.75) is 53.7 Å². The molecule has 0 spiro atoms. The van der Waals surface area contributed by atoms with Gasteiger partial charge in [0, 0.05) is 36.1 Å². The van der Waals surface area contributed by atoms with E-state index >= 15 is 0 Å². The summed E-state index contributed by atoms with van der Waals surface area (Å²) in [7, 11) is 0. The van der Waals surface area contributed by atoms with E-state index in [1.54, 1.807) is 0 Å². The summed E-state index contributed by atoms with van der Waals surface area (Å²) in [5.74, 6) is 1.46. The normalized spacial score (nSPS) is 11.4. The third-order valence-corrected chi connectivity index (χ3v) is 2.80. The van der Waals surface area contributed by atoms with Gasteiger partial charge in [0.15, 0.2) is 0 Å². The Morgan fingerprint density at radius 3 is 2.16 bits per heavy atom. The van der Waals surface area contributed by atoms with Crippen molar-refractivity contribution in [2.75, 3.05) is 17.2 Å². The molecule has 19 heavy (non-hydrogen) atoms. The van der Waals surface area contributed by atoms with Crippen molar-refractivity contribution >= 4 is 11.4 Å². The number of hydrogen-bond donors (Lipinski definition) is 1. The van der Waals surface area contributed by atoms with E-state index < -0.39 is 0 Å². The highest BCUT2D eigenvalue weighted by Gasteiger charge is 2.14. The molecule has 3 heteroatoms. The van der Waals surface area contributed by atoms with Crippen molar-refractivity contribution in [3.63, 3.8) is 0 Å². The summed E-state index contributed by atoms with van der Waals surface area (Å²) in [6, 6.07) is 6.43. The van der Waals surface area contributed by atoms with Gasteiger partial charge in [-0.15, -0.1) is 0 Å². The number of nitrogen functional groups attached to an aromatic ring is 1. The van der Waals surface area contributed by atoms with Crippen molar-refractivity contribution < 1.29 is 4.74 Å². The monoisotopic (exact) mass is 264 g/mol. The van der Waals surface area contributed by atoms with Gasteiger partial charge in [0.25, 0.3) is 0 Å². The molecule has 0 aliphatic heterocycles. The molecule has 1 rings (SSSR count). The first-order valence-corrected chi connectivity index (χ1v) is 7.13. The number of ether oxygens (including phenoxy) is 1. The van der Waals surface area contributed by atoms with Gasteiger partial charge in [-0.05, 0) is 39.7 Å². The van der Waals surface area contributed by atoms with Crippen LogP contribution in [0.5, 0.6) is 5.75 Å². The van der Waals surface area contributed by atoms with Crippen LogP contribution in [-0.2, 0) is 0 Å².